The Kier molecular flexibility index (Phi) is 6.75. The van der Waals surface area contributed by atoms with E-state index in [4.69, 9.17) is 24.8 Å². The van der Waals surface area contributed by atoms with Crippen LogP contribution in [0.15, 0.2) is 212 Å². The number of imidazole rings is 1. The molecule has 0 aliphatic rings. The second-order valence-electron chi connectivity index (χ2n) is 15.1. The smallest absolute Gasteiger partial charge is 0.269 e. The minimum Gasteiger partial charge on any atom is -0.458 e. The standard InChI is InChI=1S/C57H42N4O/c1-39(2)43-32-33-58-56(35-43)61-52-31-28-44(40-16-6-3-7-17-40)34-51(52)50-30-29-47(37-55(50)61)62-46-23-14-22-45(36-46)59-38-60(54-27-13-12-26-53(54)59)57-48(41-18-8-4-9-19-41)24-15-25-49(57)42-20-10-5-11-21-42/h3-37,39H,1-2H3/i4D,5D,8D,9D,10D,11D,18D,19D,20D,21D,39D. The topological polar surface area (TPSA) is 35.9 Å². The zero-order valence-corrected chi connectivity index (χ0v) is 33.6. The Balaban J connectivity index is 1.07. The van der Waals surface area contributed by atoms with Gasteiger partial charge in [0.15, 0.2) is 0 Å². The summed E-state index contributed by atoms with van der Waals surface area (Å²) in [4.78, 5) is 4.81. The highest BCUT2D eigenvalue weighted by Gasteiger charge is 2.21. The number of para-hydroxylation sites is 3. The molecule has 0 spiro atoms. The summed E-state index contributed by atoms with van der Waals surface area (Å²) in [5, 5.41) is 2.00. The lowest BCUT2D eigenvalue weighted by Crippen LogP contribution is -2.31. The van der Waals surface area contributed by atoms with Crippen LogP contribution >= 0.6 is 0 Å². The molecule has 3 aromatic heterocycles. The number of benzene rings is 8. The molecular formula is C57H42N4O. The molecule has 0 radical (unpaired) electrons. The van der Waals surface area contributed by atoms with Gasteiger partial charge in [-0.2, -0.15) is 0 Å². The molecule has 11 rings (SSSR count). The van der Waals surface area contributed by atoms with E-state index in [0.717, 1.165) is 38.5 Å². The van der Waals surface area contributed by atoms with Crippen LogP contribution in [0, 0.1) is 6.33 Å². The number of fused-ring (bicyclic) bond motifs is 4. The first-order valence-corrected chi connectivity index (χ1v) is 20.1. The molecule has 0 unspecified atom stereocenters. The quantitative estimate of drug-likeness (QED) is 0.108. The Bertz CT molecular complexity index is 3920. The average Bonchev–Trinajstić information content (AvgIpc) is 3.94. The second-order valence-corrected chi connectivity index (χ2v) is 15.1. The Morgan fingerprint density at radius 3 is 2.05 bits per heavy atom. The fourth-order valence-electron chi connectivity index (χ4n) is 8.17. The van der Waals surface area contributed by atoms with Crippen molar-refractivity contribution in [2.24, 2.45) is 0 Å². The molecule has 11 aromatic rings. The van der Waals surface area contributed by atoms with E-state index in [-0.39, 0.29) is 27.9 Å². The van der Waals surface area contributed by atoms with E-state index in [9.17, 15) is 0 Å². The number of ether oxygens (including phenoxy) is 1. The van der Waals surface area contributed by atoms with Crippen LogP contribution in [0.4, 0.5) is 0 Å². The normalized spacial score (nSPS) is 14.2. The van der Waals surface area contributed by atoms with Gasteiger partial charge in [0, 0.05) is 24.4 Å². The summed E-state index contributed by atoms with van der Waals surface area (Å²) in [6, 6.07) is 40.6. The average molecular weight is 810 g/mol. The van der Waals surface area contributed by atoms with Crippen LogP contribution in [0.1, 0.15) is 40.4 Å². The molecule has 62 heavy (non-hydrogen) atoms. The van der Waals surface area contributed by atoms with E-state index in [1.807, 2.05) is 111 Å². The Morgan fingerprint density at radius 2 is 1.29 bits per heavy atom. The zero-order chi connectivity index (χ0) is 51.2. The van der Waals surface area contributed by atoms with E-state index >= 15 is 0 Å². The molecule has 296 valence electrons. The Hall–Kier alpha value is -8.02. The van der Waals surface area contributed by atoms with Gasteiger partial charge in [-0.1, -0.05) is 159 Å². The SMILES string of the molecule is [2H]c1c([2H])c([2H])c(-c2cccc(-c3c([2H])c([2H])c([2H])c([2H])c3[2H])c2-[n+]2[c-]n(-c3cccc(Oc4ccc5c6cc(-c7ccccc7)ccc6n(-c6cc(C([2H])(C)C)ccn6)c5c4)c3)c3ccccc32)c([2H])c1[2H]. The Morgan fingerprint density at radius 1 is 0.581 bits per heavy atom. The van der Waals surface area contributed by atoms with Crippen molar-refractivity contribution < 1.29 is 24.4 Å². The lowest BCUT2D eigenvalue weighted by atomic mass is 9.95. The van der Waals surface area contributed by atoms with Gasteiger partial charge in [0.25, 0.3) is 6.33 Å². The van der Waals surface area contributed by atoms with Crippen molar-refractivity contribution in [1.29, 1.82) is 0 Å². The lowest BCUT2D eigenvalue weighted by Gasteiger charge is -2.17. The number of hydrogen-bond donors (Lipinski definition) is 0. The van der Waals surface area contributed by atoms with Gasteiger partial charge in [0.05, 0.1) is 47.1 Å². The molecule has 0 fully saturated rings. The van der Waals surface area contributed by atoms with Crippen molar-refractivity contribution in [2.75, 3.05) is 0 Å². The van der Waals surface area contributed by atoms with Crippen LogP contribution in [0.5, 0.6) is 11.5 Å². The minimum absolute atomic E-state index is 0.139. The minimum atomic E-state index is -0.863. The van der Waals surface area contributed by atoms with E-state index in [1.165, 1.54) is 0 Å². The molecule has 5 heteroatoms. The maximum atomic E-state index is 9.03. The Labute approximate surface area is 376 Å². The van der Waals surface area contributed by atoms with Gasteiger partial charge in [-0.05, 0) is 99.4 Å². The van der Waals surface area contributed by atoms with Crippen molar-refractivity contribution in [3.8, 4) is 62.1 Å². The van der Waals surface area contributed by atoms with Crippen LogP contribution in [0.3, 0.4) is 0 Å². The van der Waals surface area contributed by atoms with E-state index in [1.54, 1.807) is 33.5 Å². The van der Waals surface area contributed by atoms with Crippen LogP contribution in [-0.4, -0.2) is 14.1 Å². The highest BCUT2D eigenvalue weighted by molar-refractivity contribution is 6.10. The molecule has 0 amide bonds. The third-order valence-corrected chi connectivity index (χ3v) is 11.1. The first kappa shape index (κ1) is 27.0. The molecule has 0 saturated heterocycles. The highest BCUT2D eigenvalue weighted by Crippen LogP contribution is 2.39. The van der Waals surface area contributed by atoms with Crippen molar-refractivity contribution in [1.82, 2.24) is 14.1 Å². The second kappa shape index (κ2) is 15.5. The summed E-state index contributed by atoms with van der Waals surface area (Å²) in [6.07, 6.45) is 5.17. The maximum Gasteiger partial charge on any atom is 0.269 e. The summed E-state index contributed by atoms with van der Waals surface area (Å²) in [5.74, 6) is 0.828. The summed E-state index contributed by atoms with van der Waals surface area (Å²) >= 11 is 0. The number of hydrogen-bond acceptors (Lipinski definition) is 2. The first-order valence-electron chi connectivity index (χ1n) is 25.6. The third kappa shape index (κ3) is 6.61. The summed E-state index contributed by atoms with van der Waals surface area (Å²) in [5.41, 5.74) is 6.74. The van der Waals surface area contributed by atoms with Gasteiger partial charge in [-0.3, -0.25) is 13.7 Å². The van der Waals surface area contributed by atoms with Gasteiger partial charge in [0.2, 0.25) is 0 Å². The van der Waals surface area contributed by atoms with E-state index in [2.05, 4.69) is 41.2 Å². The van der Waals surface area contributed by atoms with Gasteiger partial charge < -0.3 is 4.74 Å². The fourth-order valence-corrected chi connectivity index (χ4v) is 8.17. The summed E-state index contributed by atoms with van der Waals surface area (Å²) < 4.78 is 108. The predicted molar refractivity (Wildman–Crippen MR) is 253 cm³/mol. The zero-order valence-electron chi connectivity index (χ0n) is 44.6. The van der Waals surface area contributed by atoms with Crippen molar-refractivity contribution in [3.05, 3.63) is 224 Å². The van der Waals surface area contributed by atoms with Crippen LogP contribution in [0.2, 0.25) is 0 Å². The summed E-state index contributed by atoms with van der Waals surface area (Å²) in [7, 11) is 0. The van der Waals surface area contributed by atoms with E-state index in [0.29, 0.717) is 34.0 Å². The molecule has 0 aliphatic heterocycles. The fraction of sp³-hybridized carbons (Fsp3) is 0.0526. The molecular weight excluding hydrogens is 757 g/mol. The lowest BCUT2D eigenvalue weighted by molar-refractivity contribution is -0.571. The molecule has 0 saturated carbocycles. The molecule has 0 bridgehead atoms. The molecule has 5 nitrogen and oxygen atoms in total. The van der Waals surface area contributed by atoms with E-state index < -0.39 is 66.3 Å². The molecule has 0 atom stereocenters. The number of nitrogens with zero attached hydrogens (tertiary/aromatic N) is 4. The van der Waals surface area contributed by atoms with Crippen LogP contribution in [0.25, 0.3) is 83.4 Å². The summed E-state index contributed by atoms with van der Waals surface area (Å²) in [6.45, 7) is 3.70. The largest absolute Gasteiger partial charge is 0.458 e. The monoisotopic (exact) mass is 809 g/mol. The van der Waals surface area contributed by atoms with Gasteiger partial charge in [0.1, 0.15) is 17.3 Å². The van der Waals surface area contributed by atoms with Gasteiger partial charge >= 0.3 is 0 Å². The van der Waals surface area contributed by atoms with Crippen molar-refractivity contribution >= 4 is 32.8 Å². The van der Waals surface area contributed by atoms with Crippen LogP contribution < -0.4 is 9.30 Å². The van der Waals surface area contributed by atoms with Crippen molar-refractivity contribution in [3.63, 3.8) is 0 Å². The van der Waals surface area contributed by atoms with Gasteiger partial charge in [-0.25, -0.2) is 4.98 Å². The highest BCUT2D eigenvalue weighted by atomic mass is 16.5. The van der Waals surface area contributed by atoms with Gasteiger partial charge in [-0.15, -0.1) is 0 Å². The maximum absolute atomic E-state index is 9.03. The van der Waals surface area contributed by atoms with Crippen LogP contribution in [-0.2, 0) is 0 Å². The molecule has 3 heterocycles. The number of pyridine rings is 1. The van der Waals surface area contributed by atoms with Crippen molar-refractivity contribution in [2.45, 2.75) is 19.7 Å². The predicted octanol–water partition coefficient (Wildman–Crippen LogP) is 14.1. The molecule has 0 aliphatic carbocycles. The first-order chi connectivity index (χ1) is 35.0. The number of rotatable bonds is 9. The number of aromatic nitrogens is 4. The third-order valence-electron chi connectivity index (χ3n) is 11.1. The molecule has 8 aromatic carbocycles. The molecule has 0 N–H and O–H groups in total.